The first-order valence-electron chi connectivity index (χ1n) is 12.6. The first kappa shape index (κ1) is 20.9. The van der Waals surface area contributed by atoms with Crippen LogP contribution in [-0.4, -0.2) is 24.1 Å². The summed E-state index contributed by atoms with van der Waals surface area (Å²) in [6.45, 7) is 0. The largest absolute Gasteiger partial charge is 0.317 e. The summed E-state index contributed by atoms with van der Waals surface area (Å²) in [7, 11) is 0. The molecule has 0 bridgehead atoms. The van der Waals surface area contributed by atoms with E-state index < -0.39 is 0 Å². The summed E-state index contributed by atoms with van der Waals surface area (Å²) in [5, 5.41) is 6.03. The van der Waals surface area contributed by atoms with Crippen molar-refractivity contribution >= 4 is 43.5 Å². The van der Waals surface area contributed by atoms with E-state index in [1.807, 2.05) is 30.6 Å². The first-order chi connectivity index (χ1) is 18.8. The second kappa shape index (κ2) is 8.11. The maximum Gasteiger partial charge on any atom is 0.160 e. The lowest BCUT2D eigenvalue weighted by Crippen LogP contribution is -1.98. The van der Waals surface area contributed by atoms with E-state index in [2.05, 4.69) is 99.2 Å². The molecular weight excluding hydrogens is 466 g/mol. The second-order valence-electron chi connectivity index (χ2n) is 9.47. The lowest BCUT2D eigenvalue weighted by molar-refractivity contribution is 1.08. The molecule has 0 N–H and O–H groups in total. The fraction of sp³-hybridized carbons (Fsp3) is 0. The van der Waals surface area contributed by atoms with E-state index in [0.29, 0.717) is 5.82 Å². The quantitative estimate of drug-likeness (QED) is 0.256. The molecule has 0 aliphatic rings. The Kier molecular flexibility index (Phi) is 4.45. The van der Waals surface area contributed by atoms with Crippen LogP contribution >= 0.6 is 0 Å². The van der Waals surface area contributed by atoms with Gasteiger partial charge < -0.3 is 9.13 Å². The number of para-hydroxylation sites is 2. The van der Waals surface area contributed by atoms with E-state index in [9.17, 15) is 0 Å². The molecule has 4 aromatic carbocycles. The minimum Gasteiger partial charge on any atom is -0.317 e. The molecule has 5 heteroatoms. The number of aromatic nitrogens is 5. The van der Waals surface area contributed by atoms with Gasteiger partial charge in [0.05, 0.1) is 34.6 Å². The van der Waals surface area contributed by atoms with Crippen molar-refractivity contribution < 1.29 is 0 Å². The third-order valence-electron chi connectivity index (χ3n) is 7.31. The van der Waals surface area contributed by atoms with Crippen molar-refractivity contribution in [1.82, 2.24) is 24.1 Å². The Morgan fingerprint density at radius 1 is 0.553 bits per heavy atom. The SMILES string of the molecule is c1ccc(-n2ccc3cc4ccc5c6ccccc6n(-c6cnc(-c7cccnc7)nc6)c5c4cc32)cc1. The number of nitrogens with zero attached hydrogens (tertiary/aromatic N) is 5. The highest BCUT2D eigenvalue weighted by molar-refractivity contribution is 6.20. The van der Waals surface area contributed by atoms with Gasteiger partial charge in [0.2, 0.25) is 0 Å². The summed E-state index contributed by atoms with van der Waals surface area (Å²) in [5.74, 6) is 0.662. The summed E-state index contributed by atoms with van der Waals surface area (Å²) in [6.07, 6.45) is 9.51. The zero-order valence-electron chi connectivity index (χ0n) is 20.4. The highest BCUT2D eigenvalue weighted by Gasteiger charge is 2.17. The van der Waals surface area contributed by atoms with Gasteiger partial charge in [0.25, 0.3) is 0 Å². The van der Waals surface area contributed by atoms with Crippen LogP contribution < -0.4 is 0 Å². The van der Waals surface area contributed by atoms with Gasteiger partial charge in [-0.25, -0.2) is 9.97 Å². The Balaban J connectivity index is 1.43. The summed E-state index contributed by atoms with van der Waals surface area (Å²) in [5.41, 5.74) is 6.44. The molecular formula is C33H21N5. The van der Waals surface area contributed by atoms with Crippen LogP contribution in [0.15, 0.2) is 128 Å². The monoisotopic (exact) mass is 487 g/mol. The molecule has 38 heavy (non-hydrogen) atoms. The summed E-state index contributed by atoms with van der Waals surface area (Å²) < 4.78 is 4.55. The predicted molar refractivity (Wildman–Crippen MR) is 154 cm³/mol. The molecule has 4 aromatic heterocycles. The molecule has 0 unspecified atom stereocenters. The van der Waals surface area contributed by atoms with Gasteiger partial charge in [0.1, 0.15) is 0 Å². The Hall–Kier alpha value is -5.29. The van der Waals surface area contributed by atoms with Crippen molar-refractivity contribution in [3.05, 3.63) is 128 Å². The predicted octanol–water partition coefficient (Wildman–Crippen LogP) is 7.73. The van der Waals surface area contributed by atoms with Crippen LogP contribution in [0, 0.1) is 0 Å². The molecule has 0 spiro atoms. The van der Waals surface area contributed by atoms with Crippen molar-refractivity contribution in [2.24, 2.45) is 0 Å². The molecule has 0 aliphatic carbocycles. The Morgan fingerprint density at radius 3 is 2.24 bits per heavy atom. The van der Waals surface area contributed by atoms with Crippen molar-refractivity contribution in [1.29, 1.82) is 0 Å². The zero-order valence-corrected chi connectivity index (χ0v) is 20.4. The number of rotatable bonds is 3. The van der Waals surface area contributed by atoms with Gasteiger partial charge in [-0.2, -0.15) is 0 Å². The second-order valence-corrected chi connectivity index (χ2v) is 9.47. The maximum absolute atomic E-state index is 4.72. The van der Waals surface area contributed by atoms with Crippen LogP contribution in [0.1, 0.15) is 0 Å². The lowest BCUT2D eigenvalue weighted by atomic mass is 10.0. The molecule has 0 amide bonds. The molecule has 8 aromatic rings. The van der Waals surface area contributed by atoms with Crippen LogP contribution in [-0.2, 0) is 0 Å². The molecule has 178 valence electrons. The number of hydrogen-bond acceptors (Lipinski definition) is 3. The molecule has 0 saturated heterocycles. The maximum atomic E-state index is 4.72. The smallest absolute Gasteiger partial charge is 0.160 e. The van der Waals surface area contributed by atoms with Crippen LogP contribution in [0.2, 0.25) is 0 Å². The minimum atomic E-state index is 0.662. The normalized spacial score (nSPS) is 11.7. The van der Waals surface area contributed by atoms with Gasteiger partial charge >= 0.3 is 0 Å². The standard InChI is InChI=1S/C33H21N5/c1-2-8-25(9-3-1)37-16-14-23-17-22-12-13-28-27-10-4-5-11-30(27)38(32(28)29(22)18-31(23)37)26-20-35-33(36-21-26)24-7-6-15-34-19-24/h1-21H. The molecule has 0 radical (unpaired) electrons. The molecule has 0 saturated carbocycles. The van der Waals surface area contributed by atoms with Crippen LogP contribution in [0.25, 0.3) is 66.2 Å². The number of fused-ring (bicyclic) bond motifs is 6. The van der Waals surface area contributed by atoms with Crippen molar-refractivity contribution in [2.75, 3.05) is 0 Å². The van der Waals surface area contributed by atoms with E-state index in [-0.39, 0.29) is 0 Å². The van der Waals surface area contributed by atoms with Crippen LogP contribution in [0.3, 0.4) is 0 Å². The van der Waals surface area contributed by atoms with Crippen LogP contribution in [0.4, 0.5) is 0 Å². The van der Waals surface area contributed by atoms with E-state index in [1.165, 1.54) is 32.4 Å². The highest BCUT2D eigenvalue weighted by Crippen LogP contribution is 2.38. The third-order valence-corrected chi connectivity index (χ3v) is 7.31. The molecule has 5 nitrogen and oxygen atoms in total. The lowest BCUT2D eigenvalue weighted by Gasteiger charge is -2.11. The Labute approximate surface area is 218 Å². The van der Waals surface area contributed by atoms with Gasteiger partial charge in [0.15, 0.2) is 5.82 Å². The van der Waals surface area contributed by atoms with Gasteiger partial charge in [-0.3, -0.25) is 4.98 Å². The van der Waals surface area contributed by atoms with Crippen LogP contribution in [0.5, 0.6) is 0 Å². The molecule has 0 atom stereocenters. The average molecular weight is 488 g/mol. The van der Waals surface area contributed by atoms with E-state index in [1.54, 1.807) is 12.4 Å². The minimum absolute atomic E-state index is 0.662. The number of hydrogen-bond donors (Lipinski definition) is 0. The van der Waals surface area contributed by atoms with E-state index in [0.717, 1.165) is 28.0 Å². The fourth-order valence-corrected chi connectivity index (χ4v) is 5.58. The number of benzene rings is 4. The zero-order chi connectivity index (χ0) is 25.1. The van der Waals surface area contributed by atoms with Gasteiger partial charge in [-0.15, -0.1) is 0 Å². The first-order valence-corrected chi connectivity index (χ1v) is 12.6. The van der Waals surface area contributed by atoms with E-state index in [4.69, 9.17) is 9.97 Å². The van der Waals surface area contributed by atoms with Crippen molar-refractivity contribution in [3.63, 3.8) is 0 Å². The third kappa shape index (κ3) is 3.09. The average Bonchev–Trinajstić information content (AvgIpc) is 3.56. The van der Waals surface area contributed by atoms with Gasteiger partial charge in [-0.05, 0) is 53.9 Å². The van der Waals surface area contributed by atoms with E-state index >= 15 is 0 Å². The summed E-state index contributed by atoms with van der Waals surface area (Å²) >= 11 is 0. The molecule has 8 rings (SSSR count). The Bertz CT molecular complexity index is 2110. The fourth-order valence-electron chi connectivity index (χ4n) is 5.58. The molecule has 4 heterocycles. The topological polar surface area (TPSA) is 48.5 Å². The molecule has 0 aliphatic heterocycles. The number of pyridine rings is 1. The highest BCUT2D eigenvalue weighted by atomic mass is 15.0. The summed E-state index contributed by atoms with van der Waals surface area (Å²) in [6, 6.07) is 34.2. The molecule has 0 fully saturated rings. The Morgan fingerprint density at radius 2 is 1.39 bits per heavy atom. The van der Waals surface area contributed by atoms with Crippen molar-refractivity contribution in [3.8, 4) is 22.8 Å². The van der Waals surface area contributed by atoms with Gasteiger partial charge in [-0.1, -0.05) is 48.5 Å². The summed E-state index contributed by atoms with van der Waals surface area (Å²) in [4.78, 5) is 13.6. The van der Waals surface area contributed by atoms with Gasteiger partial charge in [0, 0.05) is 51.4 Å². The van der Waals surface area contributed by atoms with Crippen molar-refractivity contribution in [2.45, 2.75) is 0 Å².